The Balaban J connectivity index is 1.98. The molecule has 6 heteroatoms. The van der Waals surface area contributed by atoms with Crippen LogP contribution in [0.2, 0.25) is 5.02 Å². The van der Waals surface area contributed by atoms with Crippen molar-refractivity contribution < 1.29 is 8.42 Å². The molecule has 2 aromatic carbocycles. The van der Waals surface area contributed by atoms with Crippen LogP contribution in [0.5, 0.6) is 0 Å². The second-order valence-electron chi connectivity index (χ2n) is 5.26. The lowest BCUT2D eigenvalue weighted by atomic mass is 10.2. The topological polar surface area (TPSA) is 58.2 Å². The minimum absolute atomic E-state index is 0.461. The summed E-state index contributed by atoms with van der Waals surface area (Å²) in [7, 11) is -3.30. The summed E-state index contributed by atoms with van der Waals surface area (Å²) in [6.07, 6.45) is 0. The van der Waals surface area contributed by atoms with Crippen LogP contribution in [0, 0.1) is 0 Å². The molecule has 0 fully saturated rings. The summed E-state index contributed by atoms with van der Waals surface area (Å²) in [5, 5.41) is 3.49. The first-order valence-corrected chi connectivity index (χ1v) is 8.89. The van der Waals surface area contributed by atoms with Crippen molar-refractivity contribution in [2.24, 2.45) is 0 Å². The summed E-state index contributed by atoms with van der Waals surface area (Å²) >= 11 is 5.93. The molecular formula is C16H19ClN2O2S. The zero-order chi connectivity index (χ0) is 16.2. The van der Waals surface area contributed by atoms with Gasteiger partial charge in [0.15, 0.2) is 0 Å². The van der Waals surface area contributed by atoms with Gasteiger partial charge in [0.25, 0.3) is 0 Å². The van der Waals surface area contributed by atoms with Gasteiger partial charge < -0.3 is 5.32 Å². The monoisotopic (exact) mass is 338 g/mol. The molecular weight excluding hydrogens is 320 g/mol. The molecule has 0 atom stereocenters. The molecule has 0 aromatic heterocycles. The molecule has 2 rings (SSSR count). The minimum Gasteiger partial charge on any atom is -0.381 e. The highest BCUT2D eigenvalue weighted by Crippen LogP contribution is 2.17. The average molecular weight is 339 g/mol. The van der Waals surface area contributed by atoms with Crippen molar-refractivity contribution in [3.63, 3.8) is 0 Å². The van der Waals surface area contributed by atoms with Gasteiger partial charge in [-0.2, -0.15) is 0 Å². The third kappa shape index (κ3) is 4.64. The summed E-state index contributed by atoms with van der Waals surface area (Å²) < 4.78 is 26.1. The highest BCUT2D eigenvalue weighted by Gasteiger charge is 2.15. The quantitative estimate of drug-likeness (QED) is 0.833. The number of hydrogen-bond acceptors (Lipinski definition) is 3. The predicted octanol–water partition coefficient (Wildman–Crippen LogP) is 4.10. The SMILES string of the molecule is CC(C)S(=O)(=O)Nc1ccc(CNc2cccc(Cl)c2)cc1. The Hall–Kier alpha value is -1.72. The lowest BCUT2D eigenvalue weighted by Gasteiger charge is -2.11. The molecule has 22 heavy (non-hydrogen) atoms. The predicted molar refractivity (Wildman–Crippen MR) is 92.9 cm³/mol. The van der Waals surface area contributed by atoms with E-state index in [9.17, 15) is 8.42 Å². The lowest BCUT2D eigenvalue weighted by Crippen LogP contribution is -2.22. The number of sulfonamides is 1. The molecule has 0 spiro atoms. The van der Waals surface area contributed by atoms with E-state index in [0.29, 0.717) is 17.3 Å². The van der Waals surface area contributed by atoms with Crippen molar-refractivity contribution in [1.82, 2.24) is 0 Å². The molecule has 0 saturated carbocycles. The zero-order valence-electron chi connectivity index (χ0n) is 12.5. The molecule has 118 valence electrons. The van der Waals surface area contributed by atoms with Gasteiger partial charge in [-0.1, -0.05) is 29.8 Å². The fraction of sp³-hybridized carbons (Fsp3) is 0.250. The molecule has 0 unspecified atom stereocenters. The largest absolute Gasteiger partial charge is 0.381 e. The Morgan fingerprint density at radius 1 is 1.05 bits per heavy atom. The van der Waals surface area contributed by atoms with Crippen LogP contribution < -0.4 is 10.0 Å². The van der Waals surface area contributed by atoms with Crippen molar-refractivity contribution >= 4 is 33.0 Å². The third-order valence-electron chi connectivity index (χ3n) is 3.16. The normalized spacial score (nSPS) is 11.5. The Morgan fingerprint density at radius 3 is 2.32 bits per heavy atom. The van der Waals surface area contributed by atoms with Gasteiger partial charge in [0.05, 0.1) is 5.25 Å². The summed E-state index contributed by atoms with van der Waals surface area (Å²) in [5.74, 6) is 0. The Labute approximate surface area is 136 Å². The number of rotatable bonds is 6. The number of benzene rings is 2. The van der Waals surface area contributed by atoms with Gasteiger partial charge >= 0.3 is 0 Å². The second-order valence-corrected chi connectivity index (χ2v) is 7.93. The van der Waals surface area contributed by atoms with Crippen LogP contribution in [-0.2, 0) is 16.6 Å². The first-order chi connectivity index (χ1) is 10.4. The van der Waals surface area contributed by atoms with Gasteiger partial charge in [0, 0.05) is 22.9 Å². The van der Waals surface area contributed by atoms with E-state index in [4.69, 9.17) is 11.6 Å². The summed E-state index contributed by atoms with van der Waals surface area (Å²) in [6, 6.07) is 14.8. The molecule has 0 aliphatic rings. The third-order valence-corrected chi connectivity index (χ3v) is 5.15. The minimum atomic E-state index is -3.30. The lowest BCUT2D eigenvalue weighted by molar-refractivity contribution is 0.593. The standard InChI is InChI=1S/C16H19ClN2O2S/c1-12(2)22(20,21)19-15-8-6-13(7-9-15)11-18-16-5-3-4-14(17)10-16/h3-10,12,18-19H,11H2,1-2H3. The Bertz CT molecular complexity index is 728. The van der Waals surface area contributed by atoms with Gasteiger partial charge in [0.1, 0.15) is 0 Å². The maximum Gasteiger partial charge on any atom is 0.235 e. The van der Waals surface area contributed by atoms with Crippen molar-refractivity contribution in [3.05, 3.63) is 59.1 Å². The van der Waals surface area contributed by atoms with Gasteiger partial charge in [-0.15, -0.1) is 0 Å². The number of halogens is 1. The maximum atomic E-state index is 11.8. The zero-order valence-corrected chi connectivity index (χ0v) is 14.1. The van der Waals surface area contributed by atoms with E-state index in [1.165, 1.54) is 0 Å². The molecule has 0 aliphatic carbocycles. The van der Waals surface area contributed by atoms with E-state index in [-0.39, 0.29) is 0 Å². The molecule has 4 nitrogen and oxygen atoms in total. The van der Waals surface area contributed by atoms with E-state index in [1.54, 1.807) is 26.0 Å². The average Bonchev–Trinajstić information content (AvgIpc) is 2.46. The van der Waals surface area contributed by atoms with Crippen LogP contribution in [0.4, 0.5) is 11.4 Å². The van der Waals surface area contributed by atoms with Crippen LogP contribution >= 0.6 is 11.6 Å². The molecule has 0 heterocycles. The first-order valence-electron chi connectivity index (χ1n) is 6.97. The number of anilines is 2. The van der Waals surface area contributed by atoms with Crippen molar-refractivity contribution in [2.45, 2.75) is 25.6 Å². The van der Waals surface area contributed by atoms with E-state index in [1.807, 2.05) is 36.4 Å². The molecule has 0 aliphatic heterocycles. The molecule has 0 amide bonds. The molecule has 0 radical (unpaired) electrons. The number of nitrogens with one attached hydrogen (secondary N) is 2. The summed E-state index contributed by atoms with van der Waals surface area (Å²) in [5.41, 5.74) is 2.56. The summed E-state index contributed by atoms with van der Waals surface area (Å²) in [6.45, 7) is 3.93. The molecule has 2 aromatic rings. The van der Waals surface area contributed by atoms with E-state index in [0.717, 1.165) is 11.3 Å². The highest BCUT2D eigenvalue weighted by atomic mass is 35.5. The van der Waals surface area contributed by atoms with Crippen LogP contribution in [0.25, 0.3) is 0 Å². The Kier molecular flexibility index (Phi) is 5.32. The van der Waals surface area contributed by atoms with Crippen LogP contribution in [0.15, 0.2) is 48.5 Å². The summed E-state index contributed by atoms with van der Waals surface area (Å²) in [4.78, 5) is 0. The van der Waals surface area contributed by atoms with Gasteiger partial charge in [-0.3, -0.25) is 4.72 Å². The first kappa shape index (κ1) is 16.6. The van der Waals surface area contributed by atoms with Crippen molar-refractivity contribution in [2.75, 3.05) is 10.0 Å². The molecule has 2 N–H and O–H groups in total. The van der Waals surface area contributed by atoms with E-state index < -0.39 is 15.3 Å². The molecule has 0 bridgehead atoms. The van der Waals surface area contributed by atoms with Gasteiger partial charge in [-0.25, -0.2) is 8.42 Å². The maximum absolute atomic E-state index is 11.8. The van der Waals surface area contributed by atoms with Crippen molar-refractivity contribution in [3.8, 4) is 0 Å². The number of hydrogen-bond donors (Lipinski definition) is 2. The van der Waals surface area contributed by atoms with Crippen LogP contribution in [0.1, 0.15) is 19.4 Å². The second kappa shape index (κ2) is 7.03. The fourth-order valence-electron chi connectivity index (χ4n) is 1.78. The molecule has 0 saturated heterocycles. The van der Waals surface area contributed by atoms with Crippen LogP contribution in [-0.4, -0.2) is 13.7 Å². The smallest absolute Gasteiger partial charge is 0.235 e. The Morgan fingerprint density at radius 2 is 1.73 bits per heavy atom. The van der Waals surface area contributed by atoms with E-state index >= 15 is 0 Å². The fourth-order valence-corrected chi connectivity index (χ4v) is 2.67. The van der Waals surface area contributed by atoms with Gasteiger partial charge in [0.2, 0.25) is 10.0 Å². The van der Waals surface area contributed by atoms with Crippen molar-refractivity contribution in [1.29, 1.82) is 0 Å². The highest BCUT2D eigenvalue weighted by molar-refractivity contribution is 7.93. The van der Waals surface area contributed by atoms with E-state index in [2.05, 4.69) is 10.0 Å². The van der Waals surface area contributed by atoms with Crippen LogP contribution in [0.3, 0.4) is 0 Å². The van der Waals surface area contributed by atoms with Gasteiger partial charge in [-0.05, 0) is 49.7 Å².